The molecule has 65 heavy (non-hydrogen) atoms. The molecule has 1 aliphatic carbocycles. The Kier molecular flexibility index (Phi) is 19.6. The van der Waals surface area contributed by atoms with E-state index in [2.05, 4.69) is 41.2 Å². The smallest absolute Gasteiger partial charge is 0.664 e. The third-order valence-corrected chi connectivity index (χ3v) is 13.7. The van der Waals surface area contributed by atoms with Gasteiger partial charge in [0.25, 0.3) is 0 Å². The third-order valence-electron chi connectivity index (χ3n) is 13.7. The molecule has 1 saturated heterocycles. The van der Waals surface area contributed by atoms with E-state index in [0.717, 1.165) is 46.4 Å². The summed E-state index contributed by atoms with van der Waals surface area (Å²) in [4.78, 5) is 66.0. The number of carboxylic acids is 1. The monoisotopic (exact) mass is 897 g/mol. The van der Waals surface area contributed by atoms with Crippen LogP contribution in [-0.4, -0.2) is 59.3 Å². The molecule has 5 atom stereocenters. The number of ketones is 1. The van der Waals surface area contributed by atoms with E-state index in [0.29, 0.717) is 74.3 Å². The number of carbonyl (C=O) groups is 4. The summed E-state index contributed by atoms with van der Waals surface area (Å²) in [6.45, 7) is 25.4. The fourth-order valence-corrected chi connectivity index (χ4v) is 9.83. The van der Waals surface area contributed by atoms with Crippen LogP contribution in [0.25, 0.3) is 29.1 Å². The first-order valence-corrected chi connectivity index (χ1v) is 23.8. The van der Waals surface area contributed by atoms with Crippen LogP contribution in [-0.2, 0) is 27.2 Å². The van der Waals surface area contributed by atoms with Crippen molar-refractivity contribution in [3.8, 4) is 0 Å². The molecule has 0 spiro atoms. The van der Waals surface area contributed by atoms with E-state index in [1.807, 2.05) is 39.8 Å². The van der Waals surface area contributed by atoms with Crippen LogP contribution in [0.4, 0.5) is 0 Å². The van der Waals surface area contributed by atoms with Crippen LogP contribution in [0, 0.1) is 49.4 Å². The van der Waals surface area contributed by atoms with E-state index in [-0.39, 0.29) is 47.7 Å². The maximum atomic E-state index is 14.0. The average molecular weight is 897 g/mol. The van der Waals surface area contributed by atoms with Crippen LogP contribution in [0.2, 0.25) is 0 Å². The number of Topliss-reactive ketones (excluding diaryl/α,β-unsaturated/α-hetero) is 1. The van der Waals surface area contributed by atoms with E-state index in [1.54, 1.807) is 13.0 Å². The van der Waals surface area contributed by atoms with Gasteiger partial charge in [0.05, 0.1) is 7.11 Å². The number of hydrogen-bond acceptors (Lipinski definition) is 5. The molecule has 0 saturated carbocycles. The normalized spacial score (nSPS) is 21.1. The number of carbonyl (C=O) groups excluding carboxylic acids is 3. The first kappa shape index (κ1) is 53.3. The van der Waals surface area contributed by atoms with Crippen LogP contribution in [0.5, 0.6) is 0 Å². The second-order valence-corrected chi connectivity index (χ2v) is 19.2. The maximum absolute atomic E-state index is 14.0. The molecule has 8 bridgehead atoms. The molecule has 3 aliphatic rings. The van der Waals surface area contributed by atoms with Crippen molar-refractivity contribution in [1.82, 2.24) is 15.0 Å². The summed E-state index contributed by atoms with van der Waals surface area (Å²) < 4.78 is 5.10. The van der Waals surface area contributed by atoms with Crippen molar-refractivity contribution < 1.29 is 29.0 Å². The molecule has 0 amide bonds. The minimum atomic E-state index is -1.26. The van der Waals surface area contributed by atoms with Crippen LogP contribution < -0.4 is 25.7 Å². The van der Waals surface area contributed by atoms with E-state index in [4.69, 9.17) is 25.0 Å². The first-order valence-electron chi connectivity index (χ1n) is 23.8. The number of ether oxygens (including phenoxy) is 1. The Labute approximate surface area is 403 Å². The van der Waals surface area contributed by atoms with Gasteiger partial charge in [0.2, 0.25) is 0 Å². The van der Waals surface area contributed by atoms with Crippen LogP contribution >= 0.6 is 0 Å². The topological polar surface area (TPSA) is 154 Å². The van der Waals surface area contributed by atoms with Crippen LogP contribution in [0.1, 0.15) is 192 Å². The molecule has 6 rings (SSSR count). The van der Waals surface area contributed by atoms with Crippen molar-refractivity contribution in [2.24, 2.45) is 35.5 Å². The van der Waals surface area contributed by atoms with Crippen LogP contribution in [0.3, 0.4) is 0 Å². The Balaban J connectivity index is 0.000000393. The third kappa shape index (κ3) is 12.4. The van der Waals surface area contributed by atoms with Gasteiger partial charge in [-0.3, -0.25) is 19.2 Å². The zero-order valence-electron chi connectivity index (χ0n) is 41.2. The molecule has 3 aromatic rings. The Morgan fingerprint density at radius 2 is 1.43 bits per heavy atom. The number of allylic oxidation sites excluding steroid dienone is 3. The predicted molar refractivity (Wildman–Crippen MR) is 262 cm³/mol. The predicted octanol–water partition coefficient (Wildman–Crippen LogP) is 9.95. The number of hydrogen-bond donors (Lipinski definition) is 1. The van der Waals surface area contributed by atoms with Gasteiger partial charge in [-0.05, 0) is 82.5 Å². The second kappa shape index (κ2) is 23.9. The SMILES string of the molecule is C=C(C)CCC[C@H](C)CCC[C@H](C)CCCC(C)C.CCc1c2[n-]c(c1C)/C=C1\[N-]/C(=C3\c4[n-]c(c(C)c4C(=O)[C@@H]3C(=O)OC)/C=c3\[n-]/c(c(C=O)c3CC)=C\2)[C@@H](CCC(=O)O)[C@@H]1C.[Mg+2]. The average Bonchev–Trinajstić information content (AvgIpc) is 3.99. The van der Waals surface area contributed by atoms with E-state index >= 15 is 0 Å². The number of fused-ring (bicyclic) bond motifs is 7. The Morgan fingerprint density at radius 3 is 2.00 bits per heavy atom. The first-order chi connectivity index (χ1) is 30.4. The molecule has 5 heterocycles. The summed E-state index contributed by atoms with van der Waals surface area (Å²) in [7, 11) is 1.24. The molecule has 1 fully saturated rings. The number of aldehydes is 1. The van der Waals surface area contributed by atoms with Gasteiger partial charge in [0.15, 0.2) is 5.78 Å². The van der Waals surface area contributed by atoms with Gasteiger partial charge >= 0.3 is 35.0 Å². The van der Waals surface area contributed by atoms with Crippen molar-refractivity contribution in [1.29, 1.82) is 0 Å². The summed E-state index contributed by atoms with van der Waals surface area (Å²) in [6, 6.07) is 0. The maximum Gasteiger partial charge on any atom is 2.00 e. The van der Waals surface area contributed by atoms with Gasteiger partial charge in [0.1, 0.15) is 12.2 Å². The number of carboxylic acid groups (broad SMARTS) is 1. The molecule has 0 unspecified atom stereocenters. The zero-order chi connectivity index (χ0) is 47.0. The van der Waals surface area contributed by atoms with Crippen LogP contribution in [0.15, 0.2) is 23.5 Å². The number of aliphatic carboxylic acids is 1. The molecule has 11 heteroatoms. The van der Waals surface area contributed by atoms with E-state index in [1.165, 1.54) is 70.5 Å². The minimum absolute atomic E-state index is 0. The summed E-state index contributed by atoms with van der Waals surface area (Å²) in [5.41, 5.74) is 9.27. The van der Waals surface area contributed by atoms with E-state index in [9.17, 15) is 24.3 Å². The molecule has 348 valence electrons. The molecular formula is C54H72MgN4O6-2. The van der Waals surface area contributed by atoms with Crippen molar-refractivity contribution in [2.75, 3.05) is 7.11 Å². The summed E-state index contributed by atoms with van der Waals surface area (Å²) >= 11 is 0. The second-order valence-electron chi connectivity index (χ2n) is 19.2. The van der Waals surface area contributed by atoms with Gasteiger partial charge < -0.3 is 30.1 Å². The zero-order valence-corrected chi connectivity index (χ0v) is 42.6. The summed E-state index contributed by atoms with van der Waals surface area (Å²) in [5, 5.41) is 15.7. The molecular weight excluding hydrogens is 825 g/mol. The van der Waals surface area contributed by atoms with Gasteiger partial charge in [-0.2, -0.15) is 11.4 Å². The number of esters is 1. The Morgan fingerprint density at radius 1 is 0.831 bits per heavy atom. The van der Waals surface area contributed by atoms with Crippen molar-refractivity contribution in [2.45, 2.75) is 153 Å². The molecule has 3 aromatic heterocycles. The Bertz CT molecular complexity index is 2410. The fourth-order valence-electron chi connectivity index (χ4n) is 9.83. The number of methoxy groups -OCH3 is 1. The molecule has 2 aliphatic heterocycles. The molecule has 10 nitrogen and oxygen atoms in total. The van der Waals surface area contributed by atoms with Gasteiger partial charge in [0, 0.05) is 17.5 Å². The van der Waals surface area contributed by atoms with E-state index < -0.39 is 23.6 Å². The molecule has 0 radical (unpaired) electrons. The largest absolute Gasteiger partial charge is 2.00 e. The van der Waals surface area contributed by atoms with Crippen molar-refractivity contribution in [3.63, 3.8) is 0 Å². The summed E-state index contributed by atoms with van der Waals surface area (Å²) in [6.07, 6.45) is 20.2. The molecule has 0 aromatic carbocycles. The van der Waals surface area contributed by atoms with Crippen molar-refractivity contribution in [3.05, 3.63) is 95.7 Å². The number of aromatic nitrogens is 3. The van der Waals surface area contributed by atoms with Gasteiger partial charge in [-0.15, -0.1) is 40.1 Å². The number of rotatable bonds is 19. The van der Waals surface area contributed by atoms with Gasteiger partial charge in [-0.1, -0.05) is 145 Å². The van der Waals surface area contributed by atoms with Crippen molar-refractivity contribution >= 4 is 70.9 Å². The quantitative estimate of drug-likeness (QED) is 0.0407. The Hall–Kier alpha value is -4.35. The minimum Gasteiger partial charge on any atom is -0.664 e. The van der Waals surface area contributed by atoms with Gasteiger partial charge in [-0.25, -0.2) is 0 Å². The summed E-state index contributed by atoms with van der Waals surface area (Å²) in [5.74, 6) is -1.27. The standard InChI is InChI=1S/C35H36N4O6.C19H38.Mg/c1-7-18-15(3)22-11-23-16(4)20(9-10-28(41)42)32(38-23)30-31(35(44)45-6)34(43)29-17(5)24(39-33(29)30)12-26-19(8-2)21(14-40)27(37-26)13-25(18)36-22;1-16(2)10-7-12-18(5)14-9-15-19(6)13-8-11-17(3)4;/h11-14,16,20,31H,7-10H2,1-6H3,(H3,38,39,40,41,42,43);17-19H,1,7-15H2,2-6H3;/q-2;;+2/p-2/b23-11-,27-13-;;/t16-,20-,31+;18-,19+;/m00./s1. The number of nitrogens with zero attached hydrogens (tertiary/aromatic N) is 4. The molecule has 1 N–H and O–H groups in total. The fraction of sp³-hybridized carbons (Fsp3) is 0.556.